The summed E-state index contributed by atoms with van der Waals surface area (Å²) in [5, 5.41) is 11.6. The van der Waals surface area contributed by atoms with Crippen LogP contribution in [0.5, 0.6) is 0 Å². The van der Waals surface area contributed by atoms with E-state index in [1.165, 1.54) is 0 Å². The van der Waals surface area contributed by atoms with Crippen LogP contribution in [-0.4, -0.2) is 12.5 Å². The lowest BCUT2D eigenvalue weighted by Crippen LogP contribution is -2.28. The molecule has 1 amide bonds. The van der Waals surface area contributed by atoms with E-state index >= 15 is 0 Å². The molecular weight excluding hydrogens is 212 g/mol. The molecular formula is C14H26N2O. The molecule has 0 unspecified atom stereocenters. The molecule has 0 aliphatic carbocycles. The smallest absolute Gasteiger partial charge is 0.261 e. The first-order valence-corrected chi connectivity index (χ1v) is 6.17. The average molecular weight is 238 g/mol. The summed E-state index contributed by atoms with van der Waals surface area (Å²) in [6.07, 6.45) is 1.70. The maximum Gasteiger partial charge on any atom is 0.261 e. The van der Waals surface area contributed by atoms with Crippen molar-refractivity contribution < 1.29 is 4.79 Å². The van der Waals surface area contributed by atoms with Gasteiger partial charge in [0.15, 0.2) is 0 Å². The van der Waals surface area contributed by atoms with Crippen LogP contribution in [0, 0.1) is 22.7 Å². The van der Waals surface area contributed by atoms with Crippen molar-refractivity contribution in [3.05, 3.63) is 11.6 Å². The molecule has 0 bridgehead atoms. The van der Waals surface area contributed by atoms with Gasteiger partial charge in [-0.15, -0.1) is 0 Å². The van der Waals surface area contributed by atoms with E-state index in [9.17, 15) is 4.79 Å². The van der Waals surface area contributed by atoms with Gasteiger partial charge in [-0.05, 0) is 11.3 Å². The lowest BCUT2D eigenvalue weighted by molar-refractivity contribution is -0.117. The first kappa shape index (κ1) is 18.1. The van der Waals surface area contributed by atoms with Crippen LogP contribution in [0.2, 0.25) is 0 Å². The highest BCUT2D eigenvalue weighted by atomic mass is 16.1. The summed E-state index contributed by atoms with van der Waals surface area (Å²) in [4.78, 5) is 11.6. The van der Waals surface area contributed by atoms with Crippen LogP contribution in [0.4, 0.5) is 0 Å². The molecule has 17 heavy (non-hydrogen) atoms. The molecule has 0 saturated heterocycles. The lowest BCUT2D eigenvalue weighted by Gasteiger charge is -2.13. The molecule has 98 valence electrons. The Morgan fingerprint density at radius 1 is 1.35 bits per heavy atom. The molecule has 0 saturated carbocycles. The molecule has 0 aromatic rings. The van der Waals surface area contributed by atoms with Gasteiger partial charge in [0.2, 0.25) is 0 Å². The quantitative estimate of drug-likeness (QED) is 0.606. The van der Waals surface area contributed by atoms with Crippen LogP contribution in [-0.2, 0) is 4.79 Å². The van der Waals surface area contributed by atoms with E-state index in [0.717, 1.165) is 0 Å². The van der Waals surface area contributed by atoms with E-state index in [1.54, 1.807) is 6.08 Å². The highest BCUT2D eigenvalue weighted by Crippen LogP contribution is 2.17. The summed E-state index contributed by atoms with van der Waals surface area (Å²) < 4.78 is 0. The SMILES string of the molecule is CC.CC(C)CNC(=O)/C(C#N)=C/C(C)(C)C. The van der Waals surface area contributed by atoms with Crippen molar-refractivity contribution >= 4 is 5.91 Å². The molecule has 0 heterocycles. The lowest BCUT2D eigenvalue weighted by atomic mass is 9.93. The maximum atomic E-state index is 11.6. The summed E-state index contributed by atoms with van der Waals surface area (Å²) in [5.41, 5.74) is 0.0448. The van der Waals surface area contributed by atoms with Crippen LogP contribution in [0.1, 0.15) is 48.5 Å². The summed E-state index contributed by atoms with van der Waals surface area (Å²) >= 11 is 0. The Morgan fingerprint density at radius 3 is 2.12 bits per heavy atom. The Morgan fingerprint density at radius 2 is 1.82 bits per heavy atom. The monoisotopic (exact) mass is 238 g/mol. The zero-order valence-electron chi connectivity index (χ0n) is 12.2. The van der Waals surface area contributed by atoms with Gasteiger partial charge < -0.3 is 5.32 Å². The minimum Gasteiger partial charge on any atom is -0.351 e. The van der Waals surface area contributed by atoms with Gasteiger partial charge in [-0.1, -0.05) is 54.5 Å². The third-order valence-electron chi connectivity index (χ3n) is 1.61. The van der Waals surface area contributed by atoms with Crippen molar-refractivity contribution in [1.82, 2.24) is 5.32 Å². The highest BCUT2D eigenvalue weighted by Gasteiger charge is 2.14. The van der Waals surface area contributed by atoms with Gasteiger partial charge in [-0.2, -0.15) is 5.26 Å². The van der Waals surface area contributed by atoms with Gasteiger partial charge in [0, 0.05) is 6.54 Å². The average Bonchev–Trinajstić information content (AvgIpc) is 2.24. The Labute approximate surface area is 106 Å². The maximum absolute atomic E-state index is 11.6. The van der Waals surface area contributed by atoms with Crippen molar-refractivity contribution in [2.75, 3.05) is 6.54 Å². The van der Waals surface area contributed by atoms with Crippen LogP contribution in [0.15, 0.2) is 11.6 Å². The minimum atomic E-state index is -0.277. The largest absolute Gasteiger partial charge is 0.351 e. The fourth-order valence-electron chi connectivity index (χ4n) is 0.974. The molecule has 1 N–H and O–H groups in total. The Bertz CT molecular complexity index is 290. The van der Waals surface area contributed by atoms with E-state index in [1.807, 2.05) is 54.5 Å². The number of nitrogens with one attached hydrogen (secondary N) is 1. The number of nitrogens with zero attached hydrogens (tertiary/aromatic N) is 1. The summed E-state index contributed by atoms with van der Waals surface area (Å²) in [6.45, 7) is 14.5. The second kappa shape index (κ2) is 8.81. The van der Waals surface area contributed by atoms with Crippen molar-refractivity contribution in [2.45, 2.75) is 48.5 Å². The van der Waals surface area contributed by atoms with Gasteiger partial charge in [0.25, 0.3) is 5.91 Å². The molecule has 0 aromatic carbocycles. The van der Waals surface area contributed by atoms with Crippen LogP contribution >= 0.6 is 0 Å². The van der Waals surface area contributed by atoms with Crippen molar-refractivity contribution in [3.63, 3.8) is 0 Å². The van der Waals surface area contributed by atoms with Gasteiger partial charge in [0.05, 0.1) is 0 Å². The zero-order valence-corrected chi connectivity index (χ0v) is 12.2. The number of hydrogen-bond acceptors (Lipinski definition) is 2. The second-order valence-corrected chi connectivity index (χ2v) is 5.14. The standard InChI is InChI=1S/C12H20N2O.C2H6/c1-9(2)8-14-11(15)10(7-13)6-12(3,4)5;1-2/h6,9H,8H2,1-5H3,(H,14,15);1-2H3/b10-6+;. The van der Waals surface area contributed by atoms with E-state index in [4.69, 9.17) is 5.26 Å². The van der Waals surface area contributed by atoms with Gasteiger partial charge in [-0.25, -0.2) is 0 Å². The van der Waals surface area contributed by atoms with Crippen molar-refractivity contribution in [3.8, 4) is 6.07 Å². The normalized spacial score (nSPS) is 11.4. The van der Waals surface area contributed by atoms with E-state index < -0.39 is 0 Å². The molecule has 0 aliphatic rings. The first-order valence-electron chi connectivity index (χ1n) is 6.17. The molecule has 0 spiro atoms. The number of hydrogen-bond donors (Lipinski definition) is 1. The van der Waals surface area contributed by atoms with Crippen molar-refractivity contribution in [2.24, 2.45) is 11.3 Å². The minimum absolute atomic E-state index is 0.153. The first-order chi connectivity index (χ1) is 7.76. The fraction of sp³-hybridized carbons (Fsp3) is 0.714. The zero-order chi connectivity index (χ0) is 14.1. The molecule has 0 radical (unpaired) electrons. The molecule has 0 fully saturated rings. The summed E-state index contributed by atoms with van der Waals surface area (Å²) in [5.74, 6) is 0.115. The Kier molecular flexibility index (Phi) is 9.36. The van der Waals surface area contributed by atoms with E-state index in [-0.39, 0.29) is 16.9 Å². The molecule has 0 atom stereocenters. The second-order valence-electron chi connectivity index (χ2n) is 5.14. The van der Waals surface area contributed by atoms with Gasteiger partial charge >= 0.3 is 0 Å². The van der Waals surface area contributed by atoms with Gasteiger partial charge in [0.1, 0.15) is 11.6 Å². The molecule has 0 aliphatic heterocycles. The molecule has 0 aromatic heterocycles. The number of nitriles is 1. The predicted molar refractivity (Wildman–Crippen MR) is 72.3 cm³/mol. The van der Waals surface area contributed by atoms with Crippen LogP contribution < -0.4 is 5.32 Å². The number of carbonyl (C=O) groups is 1. The van der Waals surface area contributed by atoms with Crippen molar-refractivity contribution in [1.29, 1.82) is 5.26 Å². The molecule has 3 nitrogen and oxygen atoms in total. The number of amides is 1. The third-order valence-corrected chi connectivity index (χ3v) is 1.61. The Hall–Kier alpha value is -1.30. The summed E-state index contributed by atoms with van der Waals surface area (Å²) in [6, 6.07) is 1.93. The van der Waals surface area contributed by atoms with Crippen LogP contribution in [0.3, 0.4) is 0 Å². The van der Waals surface area contributed by atoms with Gasteiger partial charge in [-0.3, -0.25) is 4.79 Å². The van der Waals surface area contributed by atoms with E-state index in [0.29, 0.717) is 12.5 Å². The number of rotatable bonds is 3. The Balaban J connectivity index is 0. The third kappa shape index (κ3) is 11.0. The number of allylic oxidation sites excluding steroid dienone is 1. The summed E-state index contributed by atoms with van der Waals surface area (Å²) in [7, 11) is 0. The predicted octanol–water partition coefficient (Wildman–Crippen LogP) is 3.28. The highest BCUT2D eigenvalue weighted by molar-refractivity contribution is 5.97. The topological polar surface area (TPSA) is 52.9 Å². The number of carbonyl (C=O) groups excluding carboxylic acids is 1. The fourth-order valence-corrected chi connectivity index (χ4v) is 0.974. The molecule has 0 rings (SSSR count). The van der Waals surface area contributed by atoms with Crippen LogP contribution in [0.25, 0.3) is 0 Å². The van der Waals surface area contributed by atoms with E-state index in [2.05, 4.69) is 5.32 Å². The molecule has 3 heteroatoms.